The molecule has 3 nitrogen and oxygen atoms in total. The van der Waals surface area contributed by atoms with Gasteiger partial charge in [0.25, 0.3) is 0 Å². The van der Waals surface area contributed by atoms with Crippen molar-refractivity contribution in [1.29, 1.82) is 0 Å². The molecular formula is C13H7BrF3N3. The molecule has 0 aliphatic heterocycles. The minimum absolute atomic E-state index is 0.0111. The van der Waals surface area contributed by atoms with Crippen LogP contribution in [0.3, 0.4) is 0 Å². The zero-order valence-corrected chi connectivity index (χ0v) is 11.5. The Morgan fingerprint density at radius 3 is 2.55 bits per heavy atom. The van der Waals surface area contributed by atoms with Crippen LogP contribution in [-0.2, 0) is 0 Å². The lowest BCUT2D eigenvalue weighted by Crippen LogP contribution is -2.05. The van der Waals surface area contributed by atoms with E-state index in [2.05, 4.69) is 20.9 Å². The number of hydrogen-bond donors (Lipinski definition) is 1. The quantitative estimate of drug-likeness (QED) is 0.684. The molecule has 0 bridgehead atoms. The largest absolute Gasteiger partial charge is 0.369 e. The Bertz CT molecular complexity index is 829. The van der Waals surface area contributed by atoms with Gasteiger partial charge in [0, 0.05) is 4.47 Å². The van der Waals surface area contributed by atoms with Crippen LogP contribution in [-0.4, -0.2) is 9.55 Å². The first-order valence-electron chi connectivity index (χ1n) is 5.56. The van der Waals surface area contributed by atoms with E-state index in [1.165, 1.54) is 4.57 Å². The third-order valence-corrected chi connectivity index (χ3v) is 3.39. The highest BCUT2D eigenvalue weighted by molar-refractivity contribution is 9.10. The van der Waals surface area contributed by atoms with Crippen LogP contribution in [0.25, 0.3) is 16.7 Å². The van der Waals surface area contributed by atoms with Gasteiger partial charge in [0.2, 0.25) is 5.95 Å². The zero-order valence-electron chi connectivity index (χ0n) is 9.87. The molecule has 0 atom stereocenters. The van der Waals surface area contributed by atoms with E-state index >= 15 is 0 Å². The van der Waals surface area contributed by atoms with Gasteiger partial charge in [0.1, 0.15) is 0 Å². The topological polar surface area (TPSA) is 43.8 Å². The summed E-state index contributed by atoms with van der Waals surface area (Å²) in [7, 11) is 0. The summed E-state index contributed by atoms with van der Waals surface area (Å²) in [6.07, 6.45) is 0. The second-order valence-corrected chi connectivity index (χ2v) is 5.05. The summed E-state index contributed by atoms with van der Waals surface area (Å²) in [5, 5.41) is 0. The molecule has 2 N–H and O–H groups in total. The van der Waals surface area contributed by atoms with Crippen LogP contribution in [0.15, 0.2) is 34.8 Å². The minimum Gasteiger partial charge on any atom is -0.369 e. The number of benzene rings is 2. The maximum atomic E-state index is 13.9. The van der Waals surface area contributed by atoms with Crippen molar-refractivity contribution in [2.75, 3.05) is 5.73 Å². The van der Waals surface area contributed by atoms with Gasteiger partial charge in [0.15, 0.2) is 17.5 Å². The van der Waals surface area contributed by atoms with Crippen LogP contribution in [0.2, 0.25) is 0 Å². The first-order valence-corrected chi connectivity index (χ1v) is 6.35. The van der Waals surface area contributed by atoms with Gasteiger partial charge < -0.3 is 5.73 Å². The van der Waals surface area contributed by atoms with E-state index in [0.29, 0.717) is 11.0 Å². The molecule has 102 valence electrons. The Labute approximate surface area is 120 Å². The van der Waals surface area contributed by atoms with Crippen LogP contribution < -0.4 is 5.73 Å². The standard InChI is InChI=1S/C13H7BrF3N3/c14-6-1-3-9-8(5-6)19-13(18)20(9)10-4-2-7(15)11(16)12(10)17/h1-5H,(H2,18,19). The molecule has 2 aromatic carbocycles. The Morgan fingerprint density at radius 1 is 1.05 bits per heavy atom. The Balaban J connectivity index is 2.35. The van der Waals surface area contributed by atoms with Crippen molar-refractivity contribution in [3.63, 3.8) is 0 Å². The van der Waals surface area contributed by atoms with Gasteiger partial charge in [0.05, 0.1) is 16.7 Å². The van der Waals surface area contributed by atoms with Crippen molar-refractivity contribution in [3.8, 4) is 5.69 Å². The zero-order chi connectivity index (χ0) is 14.4. The second-order valence-electron chi connectivity index (χ2n) is 4.13. The number of aromatic nitrogens is 2. The van der Waals surface area contributed by atoms with Gasteiger partial charge >= 0.3 is 0 Å². The molecule has 0 amide bonds. The van der Waals surface area contributed by atoms with Crippen LogP contribution in [0.4, 0.5) is 19.1 Å². The van der Waals surface area contributed by atoms with Crippen molar-refractivity contribution >= 4 is 32.9 Å². The molecule has 20 heavy (non-hydrogen) atoms. The second kappa shape index (κ2) is 4.52. The fourth-order valence-corrected chi connectivity index (χ4v) is 2.36. The Kier molecular flexibility index (Phi) is 2.93. The molecule has 0 aliphatic rings. The van der Waals surface area contributed by atoms with E-state index < -0.39 is 17.5 Å². The lowest BCUT2D eigenvalue weighted by molar-refractivity contribution is 0.445. The molecule has 0 saturated carbocycles. The normalized spacial score (nSPS) is 11.2. The number of rotatable bonds is 1. The minimum atomic E-state index is -1.54. The summed E-state index contributed by atoms with van der Waals surface area (Å²) >= 11 is 3.28. The summed E-state index contributed by atoms with van der Waals surface area (Å²) in [6, 6.07) is 7.03. The third kappa shape index (κ3) is 1.85. The van der Waals surface area contributed by atoms with Crippen LogP contribution in [0, 0.1) is 17.5 Å². The van der Waals surface area contributed by atoms with E-state index in [1.54, 1.807) is 18.2 Å². The maximum absolute atomic E-state index is 13.9. The molecule has 3 rings (SSSR count). The van der Waals surface area contributed by atoms with E-state index in [1.807, 2.05) is 0 Å². The molecule has 0 aliphatic carbocycles. The van der Waals surface area contributed by atoms with Gasteiger partial charge in [-0.15, -0.1) is 0 Å². The van der Waals surface area contributed by atoms with E-state index in [0.717, 1.165) is 16.6 Å². The first-order chi connectivity index (χ1) is 9.49. The number of nitrogen functional groups attached to an aromatic ring is 1. The number of imidazole rings is 1. The monoisotopic (exact) mass is 341 g/mol. The first kappa shape index (κ1) is 13.0. The molecule has 1 aromatic heterocycles. The van der Waals surface area contributed by atoms with Crippen molar-refractivity contribution < 1.29 is 13.2 Å². The molecule has 0 unspecified atom stereocenters. The fourth-order valence-electron chi connectivity index (χ4n) is 2.01. The summed E-state index contributed by atoms with van der Waals surface area (Å²) < 4.78 is 42.2. The number of nitrogens with two attached hydrogens (primary N) is 1. The van der Waals surface area contributed by atoms with E-state index in [9.17, 15) is 13.2 Å². The maximum Gasteiger partial charge on any atom is 0.206 e. The van der Waals surface area contributed by atoms with Gasteiger partial charge in [-0.2, -0.15) is 0 Å². The number of nitrogens with zero attached hydrogens (tertiary/aromatic N) is 2. The molecule has 7 heteroatoms. The number of anilines is 1. The highest BCUT2D eigenvalue weighted by Crippen LogP contribution is 2.28. The van der Waals surface area contributed by atoms with Gasteiger partial charge in [-0.1, -0.05) is 15.9 Å². The summed E-state index contributed by atoms with van der Waals surface area (Å²) in [5.74, 6) is -4.11. The van der Waals surface area contributed by atoms with Crippen molar-refractivity contribution in [2.45, 2.75) is 0 Å². The number of halogens is 4. The molecular weight excluding hydrogens is 335 g/mol. The lowest BCUT2D eigenvalue weighted by Gasteiger charge is -2.08. The molecule has 0 radical (unpaired) electrons. The van der Waals surface area contributed by atoms with Crippen molar-refractivity contribution in [1.82, 2.24) is 9.55 Å². The van der Waals surface area contributed by atoms with Crippen LogP contribution >= 0.6 is 15.9 Å². The van der Waals surface area contributed by atoms with Crippen molar-refractivity contribution in [2.24, 2.45) is 0 Å². The van der Waals surface area contributed by atoms with Crippen LogP contribution in [0.1, 0.15) is 0 Å². The predicted octanol–water partition coefficient (Wildman–Crippen LogP) is 3.79. The highest BCUT2D eigenvalue weighted by atomic mass is 79.9. The van der Waals surface area contributed by atoms with Crippen molar-refractivity contribution in [3.05, 3.63) is 52.3 Å². The SMILES string of the molecule is Nc1nc2cc(Br)ccc2n1-c1ccc(F)c(F)c1F. The number of fused-ring (bicyclic) bond motifs is 1. The van der Waals surface area contributed by atoms with Gasteiger partial charge in [-0.25, -0.2) is 18.2 Å². The number of hydrogen-bond acceptors (Lipinski definition) is 2. The summed E-state index contributed by atoms with van der Waals surface area (Å²) in [4.78, 5) is 4.07. The Morgan fingerprint density at radius 2 is 1.80 bits per heavy atom. The fraction of sp³-hybridized carbons (Fsp3) is 0. The Hall–Kier alpha value is -2.02. The smallest absolute Gasteiger partial charge is 0.206 e. The molecule has 0 spiro atoms. The molecule has 0 saturated heterocycles. The molecule has 1 heterocycles. The molecule has 3 aromatic rings. The average Bonchev–Trinajstić information content (AvgIpc) is 2.72. The van der Waals surface area contributed by atoms with Gasteiger partial charge in [-0.3, -0.25) is 4.57 Å². The lowest BCUT2D eigenvalue weighted by atomic mass is 10.2. The summed E-state index contributed by atoms with van der Waals surface area (Å²) in [5.41, 5.74) is 6.57. The highest BCUT2D eigenvalue weighted by Gasteiger charge is 2.18. The van der Waals surface area contributed by atoms with Crippen LogP contribution in [0.5, 0.6) is 0 Å². The molecule has 0 fully saturated rings. The predicted molar refractivity (Wildman–Crippen MR) is 73.1 cm³/mol. The third-order valence-electron chi connectivity index (χ3n) is 2.90. The average molecular weight is 342 g/mol. The van der Waals surface area contributed by atoms with E-state index in [-0.39, 0.29) is 11.6 Å². The van der Waals surface area contributed by atoms with Gasteiger partial charge in [-0.05, 0) is 30.3 Å². The summed E-state index contributed by atoms with van der Waals surface area (Å²) in [6.45, 7) is 0. The van der Waals surface area contributed by atoms with E-state index in [4.69, 9.17) is 5.73 Å².